The van der Waals surface area contributed by atoms with Crippen molar-refractivity contribution in [3.63, 3.8) is 0 Å². The van der Waals surface area contributed by atoms with Gasteiger partial charge in [0, 0.05) is 37.8 Å². The quantitative estimate of drug-likeness (QED) is 0.596. The second kappa shape index (κ2) is 9.70. The highest BCUT2D eigenvalue weighted by molar-refractivity contribution is 6.19. The molecular weight excluding hydrogens is 406 g/mol. The van der Waals surface area contributed by atoms with E-state index >= 15 is 0 Å². The van der Waals surface area contributed by atoms with E-state index in [1.165, 1.54) is 4.90 Å². The SMILES string of the molecule is COc1cccc(Oc2ccc(CN3CCC(=O)C(C(=O)NCC(=O)O)C3=O)cn2)c1. The van der Waals surface area contributed by atoms with Crippen molar-refractivity contribution in [1.82, 2.24) is 15.2 Å². The lowest BCUT2D eigenvalue weighted by Gasteiger charge is -2.30. The summed E-state index contributed by atoms with van der Waals surface area (Å²) in [5, 5.41) is 10.8. The Hall–Kier alpha value is -3.95. The van der Waals surface area contributed by atoms with Gasteiger partial charge in [-0.1, -0.05) is 12.1 Å². The van der Waals surface area contributed by atoms with Crippen LogP contribution in [-0.4, -0.2) is 58.8 Å². The van der Waals surface area contributed by atoms with Gasteiger partial charge in [-0.15, -0.1) is 0 Å². The Labute approximate surface area is 177 Å². The molecule has 1 aromatic heterocycles. The molecule has 0 aliphatic carbocycles. The van der Waals surface area contributed by atoms with Gasteiger partial charge in [0.05, 0.1) is 7.11 Å². The van der Waals surface area contributed by atoms with Gasteiger partial charge in [-0.2, -0.15) is 0 Å². The highest BCUT2D eigenvalue weighted by atomic mass is 16.5. The van der Waals surface area contributed by atoms with Crippen molar-refractivity contribution in [2.45, 2.75) is 13.0 Å². The highest BCUT2D eigenvalue weighted by Gasteiger charge is 2.40. The van der Waals surface area contributed by atoms with Crippen LogP contribution in [0.4, 0.5) is 0 Å². The van der Waals surface area contributed by atoms with E-state index in [1.807, 2.05) is 0 Å². The number of pyridine rings is 1. The third-order valence-corrected chi connectivity index (χ3v) is 4.62. The number of piperidine rings is 1. The summed E-state index contributed by atoms with van der Waals surface area (Å²) in [5.74, 6) is -3.32. The predicted molar refractivity (Wildman–Crippen MR) is 106 cm³/mol. The molecule has 2 amide bonds. The van der Waals surface area contributed by atoms with E-state index in [2.05, 4.69) is 10.3 Å². The number of ether oxygens (including phenoxy) is 2. The topological polar surface area (TPSA) is 135 Å². The van der Waals surface area contributed by atoms with Crippen LogP contribution in [0.25, 0.3) is 0 Å². The molecule has 0 spiro atoms. The van der Waals surface area contributed by atoms with Crippen molar-refractivity contribution in [2.24, 2.45) is 5.92 Å². The lowest BCUT2D eigenvalue weighted by Crippen LogP contribution is -2.52. The van der Waals surface area contributed by atoms with E-state index in [-0.39, 0.29) is 19.5 Å². The number of amides is 2. The van der Waals surface area contributed by atoms with Crippen LogP contribution in [0.3, 0.4) is 0 Å². The lowest BCUT2D eigenvalue weighted by atomic mass is 9.94. The molecule has 1 atom stereocenters. The predicted octanol–water partition coefficient (Wildman–Crippen LogP) is 1.00. The van der Waals surface area contributed by atoms with E-state index in [0.29, 0.717) is 22.9 Å². The minimum Gasteiger partial charge on any atom is -0.497 e. The van der Waals surface area contributed by atoms with Crippen molar-refractivity contribution in [3.8, 4) is 17.4 Å². The molecule has 31 heavy (non-hydrogen) atoms. The summed E-state index contributed by atoms with van der Waals surface area (Å²) >= 11 is 0. The smallest absolute Gasteiger partial charge is 0.322 e. The van der Waals surface area contributed by atoms with Crippen LogP contribution >= 0.6 is 0 Å². The van der Waals surface area contributed by atoms with Gasteiger partial charge in [0.2, 0.25) is 17.7 Å². The van der Waals surface area contributed by atoms with Crippen LogP contribution in [0.2, 0.25) is 0 Å². The zero-order valence-electron chi connectivity index (χ0n) is 16.7. The van der Waals surface area contributed by atoms with Gasteiger partial charge in [-0.05, 0) is 17.7 Å². The normalized spacial score (nSPS) is 16.0. The van der Waals surface area contributed by atoms with Crippen LogP contribution in [0.15, 0.2) is 42.6 Å². The van der Waals surface area contributed by atoms with Crippen molar-refractivity contribution in [1.29, 1.82) is 0 Å². The Bertz CT molecular complexity index is 991. The van der Waals surface area contributed by atoms with Gasteiger partial charge in [0.25, 0.3) is 0 Å². The Kier molecular flexibility index (Phi) is 6.81. The van der Waals surface area contributed by atoms with Gasteiger partial charge in [0.1, 0.15) is 18.0 Å². The number of hydrogen-bond acceptors (Lipinski definition) is 7. The number of aliphatic carboxylic acids is 1. The van der Waals surface area contributed by atoms with Gasteiger partial charge < -0.3 is 24.8 Å². The van der Waals surface area contributed by atoms with Crippen molar-refractivity contribution in [2.75, 3.05) is 20.2 Å². The third-order valence-electron chi connectivity index (χ3n) is 4.62. The van der Waals surface area contributed by atoms with E-state index < -0.39 is 36.0 Å². The zero-order valence-corrected chi connectivity index (χ0v) is 16.7. The first-order valence-corrected chi connectivity index (χ1v) is 9.45. The van der Waals surface area contributed by atoms with Gasteiger partial charge in [-0.3, -0.25) is 19.2 Å². The summed E-state index contributed by atoms with van der Waals surface area (Å²) in [6.07, 6.45) is 1.56. The number of carbonyl (C=O) groups excluding carboxylic acids is 3. The van der Waals surface area contributed by atoms with E-state index in [0.717, 1.165) is 0 Å². The third kappa shape index (κ3) is 5.56. The summed E-state index contributed by atoms with van der Waals surface area (Å²) in [4.78, 5) is 53.0. The van der Waals surface area contributed by atoms with Gasteiger partial charge >= 0.3 is 5.97 Å². The number of carboxylic acid groups (broad SMARTS) is 1. The zero-order chi connectivity index (χ0) is 22.4. The number of methoxy groups -OCH3 is 1. The number of nitrogens with one attached hydrogen (secondary N) is 1. The first-order valence-electron chi connectivity index (χ1n) is 9.45. The number of rotatable bonds is 8. The molecular formula is C21H21N3O7. The molecule has 1 unspecified atom stereocenters. The molecule has 3 rings (SSSR count). The number of hydrogen-bond donors (Lipinski definition) is 2. The fourth-order valence-electron chi connectivity index (χ4n) is 3.07. The average molecular weight is 427 g/mol. The maximum absolute atomic E-state index is 12.6. The average Bonchev–Trinajstić information content (AvgIpc) is 2.76. The van der Waals surface area contributed by atoms with Crippen LogP contribution in [0, 0.1) is 5.92 Å². The Morgan fingerprint density at radius 3 is 2.68 bits per heavy atom. The largest absolute Gasteiger partial charge is 0.497 e. The number of nitrogens with zero attached hydrogens (tertiary/aromatic N) is 2. The van der Waals surface area contributed by atoms with E-state index in [9.17, 15) is 19.2 Å². The monoisotopic (exact) mass is 427 g/mol. The summed E-state index contributed by atoms with van der Waals surface area (Å²) in [5.41, 5.74) is 0.686. The van der Waals surface area contributed by atoms with E-state index in [1.54, 1.807) is 49.7 Å². The molecule has 2 N–H and O–H groups in total. The van der Waals surface area contributed by atoms with Gasteiger partial charge in [0.15, 0.2) is 11.7 Å². The fourth-order valence-corrected chi connectivity index (χ4v) is 3.07. The van der Waals surface area contributed by atoms with Crippen molar-refractivity contribution < 1.29 is 33.8 Å². The Morgan fingerprint density at radius 1 is 1.23 bits per heavy atom. The minimum absolute atomic E-state index is 0.0152. The molecule has 0 radical (unpaired) electrons. The summed E-state index contributed by atoms with van der Waals surface area (Å²) in [6.45, 7) is -0.335. The first kappa shape index (κ1) is 21.8. The number of likely N-dealkylation sites (tertiary alicyclic amines) is 1. The summed E-state index contributed by atoms with van der Waals surface area (Å²) in [6, 6.07) is 10.4. The van der Waals surface area contributed by atoms with Crippen LogP contribution < -0.4 is 14.8 Å². The molecule has 2 aromatic rings. The molecule has 1 aliphatic rings. The molecule has 0 bridgehead atoms. The summed E-state index contributed by atoms with van der Waals surface area (Å²) in [7, 11) is 1.56. The number of ketones is 1. The second-order valence-corrected chi connectivity index (χ2v) is 6.81. The van der Waals surface area contributed by atoms with Gasteiger partial charge in [-0.25, -0.2) is 4.98 Å². The molecule has 10 heteroatoms. The number of Topliss-reactive ketones (excluding diaryl/α,β-unsaturated/α-hetero) is 1. The Morgan fingerprint density at radius 2 is 2.00 bits per heavy atom. The van der Waals surface area contributed by atoms with Crippen LogP contribution in [0.1, 0.15) is 12.0 Å². The van der Waals surface area contributed by atoms with E-state index in [4.69, 9.17) is 14.6 Å². The number of aromatic nitrogens is 1. The second-order valence-electron chi connectivity index (χ2n) is 6.81. The molecule has 0 saturated carbocycles. The standard InChI is InChI=1S/C21H21N3O7/c1-30-14-3-2-4-15(9-14)31-17-6-5-13(10-22-17)12-24-8-7-16(25)19(21(24)29)20(28)23-11-18(26)27/h2-6,9-10,19H,7-8,11-12H2,1H3,(H,23,28)(H,26,27). The number of carboxylic acids is 1. The first-order chi connectivity index (χ1) is 14.9. The number of benzene rings is 1. The maximum Gasteiger partial charge on any atom is 0.322 e. The molecule has 1 aliphatic heterocycles. The Balaban J connectivity index is 1.63. The minimum atomic E-state index is -1.53. The molecule has 162 valence electrons. The number of carbonyl (C=O) groups is 4. The molecule has 1 fully saturated rings. The highest BCUT2D eigenvalue weighted by Crippen LogP contribution is 2.24. The van der Waals surface area contributed by atoms with Crippen molar-refractivity contribution >= 4 is 23.6 Å². The van der Waals surface area contributed by atoms with Crippen LogP contribution in [-0.2, 0) is 25.7 Å². The maximum atomic E-state index is 12.6. The molecule has 1 saturated heterocycles. The summed E-state index contributed by atoms with van der Waals surface area (Å²) < 4.78 is 10.8. The molecule has 2 heterocycles. The lowest BCUT2D eigenvalue weighted by molar-refractivity contribution is -0.152. The van der Waals surface area contributed by atoms with Crippen molar-refractivity contribution in [3.05, 3.63) is 48.2 Å². The van der Waals surface area contributed by atoms with Crippen LogP contribution in [0.5, 0.6) is 17.4 Å². The molecule has 10 nitrogen and oxygen atoms in total. The molecule has 1 aromatic carbocycles. The fraction of sp³-hybridized carbons (Fsp3) is 0.286.